The van der Waals surface area contributed by atoms with Crippen molar-refractivity contribution in [3.05, 3.63) is 21.4 Å². The summed E-state index contributed by atoms with van der Waals surface area (Å²) in [6, 6.07) is 2.13. The summed E-state index contributed by atoms with van der Waals surface area (Å²) in [5.74, 6) is 0. The van der Waals surface area contributed by atoms with Crippen molar-refractivity contribution in [3.8, 4) is 0 Å². The molecule has 1 aromatic heterocycles. The Balaban J connectivity index is 1.77. The van der Waals surface area contributed by atoms with E-state index in [1.807, 2.05) is 6.07 Å². The molecular formula is C17H25F2NO3S. The van der Waals surface area contributed by atoms with Crippen LogP contribution >= 0.6 is 11.3 Å². The van der Waals surface area contributed by atoms with Gasteiger partial charge >= 0.3 is 0 Å². The molecule has 0 aliphatic carbocycles. The Morgan fingerprint density at radius 1 is 1.50 bits per heavy atom. The fourth-order valence-electron chi connectivity index (χ4n) is 3.92. The first-order valence-corrected chi connectivity index (χ1v) is 9.32. The van der Waals surface area contributed by atoms with E-state index in [0.29, 0.717) is 13.2 Å². The highest BCUT2D eigenvalue weighted by atomic mass is 32.1. The summed E-state index contributed by atoms with van der Waals surface area (Å²) in [5, 5.41) is 18.7. The van der Waals surface area contributed by atoms with Gasteiger partial charge in [-0.3, -0.25) is 4.90 Å². The van der Waals surface area contributed by atoms with Crippen molar-refractivity contribution in [2.24, 2.45) is 0 Å². The molecule has 1 fully saturated rings. The lowest BCUT2D eigenvalue weighted by molar-refractivity contribution is -0.114. The van der Waals surface area contributed by atoms with E-state index >= 15 is 0 Å². The minimum absolute atomic E-state index is 0.182. The van der Waals surface area contributed by atoms with Crippen molar-refractivity contribution < 1.29 is 23.7 Å². The number of piperidine rings is 1. The highest BCUT2D eigenvalue weighted by molar-refractivity contribution is 7.12. The van der Waals surface area contributed by atoms with Crippen LogP contribution in [0.1, 0.15) is 35.1 Å². The Kier molecular flexibility index (Phi) is 5.56. The summed E-state index contributed by atoms with van der Waals surface area (Å²) in [6.45, 7) is 3.69. The zero-order chi connectivity index (χ0) is 17.3. The van der Waals surface area contributed by atoms with Gasteiger partial charge in [0.25, 0.3) is 0 Å². The van der Waals surface area contributed by atoms with Crippen molar-refractivity contribution in [3.63, 3.8) is 0 Å². The van der Waals surface area contributed by atoms with E-state index in [0.717, 1.165) is 41.1 Å². The second-order valence-electron chi connectivity index (χ2n) is 6.89. The minimum Gasteiger partial charge on any atom is -0.394 e. The Labute approximate surface area is 145 Å². The quantitative estimate of drug-likeness (QED) is 0.844. The fourth-order valence-corrected chi connectivity index (χ4v) is 5.32. The number of β-amino-alcohol motifs (C(OH)–C–C–N with tert-alkyl or cyclic N) is 1. The molecule has 1 saturated heterocycles. The van der Waals surface area contributed by atoms with Gasteiger partial charge in [0.1, 0.15) is 5.60 Å². The molecule has 1 spiro atoms. The Morgan fingerprint density at radius 3 is 2.96 bits per heavy atom. The average Bonchev–Trinajstić information content (AvgIpc) is 2.93. The van der Waals surface area contributed by atoms with Gasteiger partial charge in [-0.05, 0) is 37.8 Å². The predicted molar refractivity (Wildman–Crippen MR) is 88.7 cm³/mol. The number of nitrogens with zero attached hydrogens (tertiary/aromatic N) is 1. The molecule has 0 aromatic carbocycles. The summed E-state index contributed by atoms with van der Waals surface area (Å²) >= 11 is 1.48. The largest absolute Gasteiger partial charge is 0.394 e. The SMILES string of the molecule is C[C@H]1C[C@@]2(CCN1C[C@H](O)CO)OCCc1cc(CC(F)F)sc12. The molecule has 3 atom stereocenters. The highest BCUT2D eigenvalue weighted by Crippen LogP contribution is 2.47. The monoisotopic (exact) mass is 361 g/mol. The number of hydrogen-bond donors (Lipinski definition) is 2. The molecule has 2 aliphatic heterocycles. The summed E-state index contributed by atoms with van der Waals surface area (Å²) in [7, 11) is 0. The number of hydrogen-bond acceptors (Lipinski definition) is 5. The van der Waals surface area contributed by atoms with E-state index in [1.165, 1.54) is 11.3 Å². The lowest BCUT2D eigenvalue weighted by Gasteiger charge is -2.47. The molecule has 4 nitrogen and oxygen atoms in total. The van der Waals surface area contributed by atoms with Gasteiger partial charge in [0.2, 0.25) is 6.43 Å². The third-order valence-electron chi connectivity index (χ3n) is 5.09. The van der Waals surface area contributed by atoms with Crippen molar-refractivity contribution >= 4 is 11.3 Å². The maximum absolute atomic E-state index is 12.7. The van der Waals surface area contributed by atoms with Crippen molar-refractivity contribution in [2.45, 2.75) is 56.8 Å². The molecule has 3 rings (SSSR count). The Hall–Kier alpha value is -0.600. The summed E-state index contributed by atoms with van der Waals surface area (Å²) < 4.78 is 31.6. The number of thiophene rings is 1. The Morgan fingerprint density at radius 2 is 2.29 bits per heavy atom. The smallest absolute Gasteiger partial charge is 0.243 e. The molecule has 0 amide bonds. The van der Waals surface area contributed by atoms with Crippen LogP contribution in [0.25, 0.3) is 0 Å². The number of ether oxygens (including phenoxy) is 1. The van der Waals surface area contributed by atoms with Gasteiger partial charge in [0, 0.05) is 35.3 Å². The van der Waals surface area contributed by atoms with E-state index in [1.54, 1.807) is 0 Å². The van der Waals surface area contributed by atoms with Crippen LogP contribution in [-0.2, 0) is 23.2 Å². The van der Waals surface area contributed by atoms with Gasteiger partial charge in [-0.1, -0.05) is 0 Å². The number of fused-ring (bicyclic) bond motifs is 2. The molecule has 0 radical (unpaired) electrons. The van der Waals surface area contributed by atoms with Crippen molar-refractivity contribution in [2.75, 3.05) is 26.3 Å². The lowest BCUT2D eigenvalue weighted by atomic mass is 9.82. The molecule has 2 N–H and O–H groups in total. The van der Waals surface area contributed by atoms with Gasteiger partial charge in [-0.2, -0.15) is 0 Å². The highest BCUT2D eigenvalue weighted by Gasteiger charge is 2.45. The van der Waals surface area contributed by atoms with Gasteiger partial charge < -0.3 is 14.9 Å². The number of aliphatic hydroxyl groups excluding tert-OH is 2. The Bertz CT molecular complexity index is 568. The van der Waals surface area contributed by atoms with E-state index in [4.69, 9.17) is 9.84 Å². The molecule has 0 unspecified atom stereocenters. The molecule has 0 saturated carbocycles. The number of likely N-dealkylation sites (tertiary alicyclic amines) is 1. The summed E-state index contributed by atoms with van der Waals surface area (Å²) in [6.07, 6.45) is -0.869. The number of halogens is 2. The van der Waals surface area contributed by atoms with E-state index in [-0.39, 0.29) is 24.7 Å². The number of rotatable bonds is 5. The van der Waals surface area contributed by atoms with Crippen LogP contribution < -0.4 is 0 Å². The average molecular weight is 361 g/mol. The van der Waals surface area contributed by atoms with Crippen LogP contribution in [0.5, 0.6) is 0 Å². The first kappa shape index (κ1) is 18.2. The van der Waals surface area contributed by atoms with Crippen molar-refractivity contribution in [1.29, 1.82) is 0 Å². The first-order chi connectivity index (χ1) is 11.4. The zero-order valence-corrected chi connectivity index (χ0v) is 14.7. The van der Waals surface area contributed by atoms with E-state index in [2.05, 4.69) is 11.8 Å². The van der Waals surface area contributed by atoms with Crippen LogP contribution in [0.15, 0.2) is 6.07 Å². The van der Waals surface area contributed by atoms with Gasteiger partial charge in [0.15, 0.2) is 0 Å². The topological polar surface area (TPSA) is 52.9 Å². The summed E-state index contributed by atoms with van der Waals surface area (Å²) in [5.41, 5.74) is 0.788. The molecule has 2 aliphatic rings. The first-order valence-electron chi connectivity index (χ1n) is 8.50. The van der Waals surface area contributed by atoms with Crippen LogP contribution in [0.3, 0.4) is 0 Å². The zero-order valence-electron chi connectivity index (χ0n) is 13.9. The molecule has 7 heteroatoms. The lowest BCUT2D eigenvalue weighted by Crippen LogP contribution is -2.52. The van der Waals surface area contributed by atoms with Crippen LogP contribution in [0.2, 0.25) is 0 Å². The predicted octanol–water partition coefficient (Wildman–Crippen LogP) is 2.16. The standard InChI is InChI=1S/C17H25F2NO3S/c1-11-8-17(3-4-20(11)9-13(22)10-21)16-12(2-5-23-17)6-14(24-16)7-15(18)19/h6,11,13,15,21-22H,2-5,7-10H2,1H3/t11-,13-,17+/m0/s1. The maximum Gasteiger partial charge on any atom is 0.243 e. The second kappa shape index (κ2) is 7.33. The molecule has 1 aromatic rings. The van der Waals surface area contributed by atoms with Crippen molar-refractivity contribution in [1.82, 2.24) is 4.90 Å². The number of aliphatic hydroxyl groups is 2. The molecule has 0 bridgehead atoms. The van der Waals surface area contributed by atoms with Gasteiger partial charge in [0.05, 0.1) is 19.3 Å². The van der Waals surface area contributed by atoms with Crippen LogP contribution in [0, 0.1) is 0 Å². The van der Waals surface area contributed by atoms with E-state index < -0.39 is 12.5 Å². The third-order valence-corrected chi connectivity index (χ3v) is 6.47. The summed E-state index contributed by atoms with van der Waals surface area (Å²) in [4.78, 5) is 4.03. The number of alkyl halides is 2. The normalized spacial score (nSPS) is 29.2. The molecular weight excluding hydrogens is 336 g/mol. The molecule has 24 heavy (non-hydrogen) atoms. The van der Waals surface area contributed by atoms with Crippen LogP contribution in [0.4, 0.5) is 8.78 Å². The maximum atomic E-state index is 12.7. The second-order valence-corrected chi connectivity index (χ2v) is 8.03. The van der Waals surface area contributed by atoms with Gasteiger partial charge in [-0.15, -0.1) is 11.3 Å². The third kappa shape index (κ3) is 3.65. The molecule has 136 valence electrons. The fraction of sp³-hybridized carbons (Fsp3) is 0.765. The molecule has 3 heterocycles. The van der Waals surface area contributed by atoms with Crippen LogP contribution in [-0.4, -0.2) is 60.0 Å². The van der Waals surface area contributed by atoms with E-state index in [9.17, 15) is 13.9 Å². The minimum atomic E-state index is -2.32. The van der Waals surface area contributed by atoms with Gasteiger partial charge in [-0.25, -0.2) is 8.78 Å².